The van der Waals surface area contributed by atoms with Gasteiger partial charge in [0.15, 0.2) is 11.5 Å². The highest BCUT2D eigenvalue weighted by Gasteiger charge is 2.50. The monoisotopic (exact) mass is 387 g/mol. The summed E-state index contributed by atoms with van der Waals surface area (Å²) < 4.78 is 10.8. The van der Waals surface area contributed by atoms with Gasteiger partial charge in [0.2, 0.25) is 6.79 Å². The first kappa shape index (κ1) is 17.9. The molecular weight excluding hydrogens is 366 g/mol. The van der Waals surface area contributed by atoms with Crippen molar-refractivity contribution in [2.45, 2.75) is 31.3 Å². The van der Waals surface area contributed by atoms with E-state index < -0.39 is 5.41 Å². The number of nitrogens with zero attached hydrogens (tertiary/aromatic N) is 1. The van der Waals surface area contributed by atoms with E-state index in [0.29, 0.717) is 12.2 Å². The van der Waals surface area contributed by atoms with Crippen LogP contribution in [0.1, 0.15) is 29.7 Å². The molecule has 5 heteroatoms. The minimum atomic E-state index is -0.420. The second-order valence-corrected chi connectivity index (χ2v) is 7.65. The number of carbonyl (C=O) groups excluding carboxylic acids is 1. The van der Waals surface area contributed by atoms with E-state index in [-0.39, 0.29) is 19.2 Å². The van der Waals surface area contributed by atoms with E-state index in [0.717, 1.165) is 46.5 Å². The van der Waals surface area contributed by atoms with E-state index in [1.165, 1.54) is 0 Å². The Bertz CT molecular complexity index is 1070. The lowest BCUT2D eigenvalue weighted by atomic mass is 9.88. The fourth-order valence-corrected chi connectivity index (χ4v) is 3.93. The number of fused-ring (bicyclic) bond motifs is 1. The summed E-state index contributed by atoms with van der Waals surface area (Å²) in [5.74, 6) is 1.65. The van der Waals surface area contributed by atoms with Crippen LogP contribution in [0.15, 0.2) is 60.8 Å². The number of aliphatic hydroxyl groups is 1. The number of ether oxygens (including phenoxy) is 2. The molecule has 1 aliphatic carbocycles. The van der Waals surface area contributed by atoms with Crippen LogP contribution in [0.25, 0.3) is 11.1 Å². The minimum Gasteiger partial charge on any atom is -0.454 e. The fourth-order valence-electron chi connectivity index (χ4n) is 3.93. The van der Waals surface area contributed by atoms with Crippen molar-refractivity contribution < 1.29 is 19.4 Å². The molecule has 2 aromatic carbocycles. The van der Waals surface area contributed by atoms with Gasteiger partial charge in [-0.3, -0.25) is 9.78 Å². The van der Waals surface area contributed by atoms with E-state index in [2.05, 4.69) is 4.98 Å². The van der Waals surface area contributed by atoms with Crippen molar-refractivity contribution in [3.05, 3.63) is 77.6 Å². The Labute approximate surface area is 168 Å². The molecule has 0 saturated heterocycles. The molecule has 0 spiro atoms. The SMILES string of the molecule is O=C(Cc1ccc(-c2cccc(CO)c2)cn1)C1(c2ccc3c(c2)OCO3)CC1. The predicted octanol–water partition coefficient (Wildman–Crippen LogP) is 3.81. The second kappa shape index (κ2) is 7.01. The zero-order chi connectivity index (χ0) is 19.8. The number of rotatable bonds is 6. The molecule has 1 fully saturated rings. The summed E-state index contributed by atoms with van der Waals surface area (Å²) in [4.78, 5) is 17.6. The van der Waals surface area contributed by atoms with Gasteiger partial charge < -0.3 is 14.6 Å². The maximum absolute atomic E-state index is 13.1. The molecule has 0 atom stereocenters. The second-order valence-electron chi connectivity index (χ2n) is 7.65. The van der Waals surface area contributed by atoms with E-state index in [1.807, 2.05) is 54.6 Å². The van der Waals surface area contributed by atoms with Crippen LogP contribution in [0.3, 0.4) is 0 Å². The van der Waals surface area contributed by atoms with Crippen LogP contribution in [0.2, 0.25) is 0 Å². The molecule has 5 nitrogen and oxygen atoms in total. The Morgan fingerprint density at radius 3 is 2.62 bits per heavy atom. The molecule has 29 heavy (non-hydrogen) atoms. The van der Waals surface area contributed by atoms with Gasteiger partial charge in [-0.2, -0.15) is 0 Å². The van der Waals surface area contributed by atoms with E-state index in [1.54, 1.807) is 6.20 Å². The van der Waals surface area contributed by atoms with Crippen molar-refractivity contribution in [3.8, 4) is 22.6 Å². The summed E-state index contributed by atoms with van der Waals surface area (Å²) in [6, 6.07) is 17.4. The smallest absolute Gasteiger partial charge is 0.231 e. The lowest BCUT2D eigenvalue weighted by Gasteiger charge is -2.15. The highest BCUT2D eigenvalue weighted by atomic mass is 16.7. The first-order valence-electron chi connectivity index (χ1n) is 9.76. The maximum Gasteiger partial charge on any atom is 0.231 e. The molecule has 146 valence electrons. The molecule has 0 amide bonds. The van der Waals surface area contributed by atoms with E-state index >= 15 is 0 Å². The van der Waals surface area contributed by atoms with E-state index in [4.69, 9.17) is 9.47 Å². The average Bonchev–Trinajstić information content (AvgIpc) is 3.45. The maximum atomic E-state index is 13.1. The molecule has 2 aliphatic rings. The van der Waals surface area contributed by atoms with Gasteiger partial charge in [-0.05, 0) is 53.8 Å². The highest BCUT2D eigenvalue weighted by Crippen LogP contribution is 2.51. The van der Waals surface area contributed by atoms with Crippen LogP contribution >= 0.6 is 0 Å². The standard InChI is InChI=1S/C24H21NO4/c26-14-16-2-1-3-17(10-16)18-4-6-20(25-13-18)12-23(27)24(8-9-24)19-5-7-21-22(11-19)29-15-28-21/h1-7,10-11,13,26H,8-9,12,14-15H2. The summed E-state index contributed by atoms with van der Waals surface area (Å²) in [5.41, 5.74) is 4.18. The molecule has 1 aromatic heterocycles. The predicted molar refractivity (Wildman–Crippen MR) is 108 cm³/mol. The number of carbonyl (C=O) groups is 1. The van der Waals surface area contributed by atoms with Crippen LogP contribution in [-0.4, -0.2) is 22.7 Å². The van der Waals surface area contributed by atoms with Crippen LogP contribution in [-0.2, 0) is 23.2 Å². The van der Waals surface area contributed by atoms with Crippen molar-refractivity contribution in [2.75, 3.05) is 6.79 Å². The summed E-state index contributed by atoms with van der Waals surface area (Å²) in [6.07, 6.45) is 3.82. The number of aromatic nitrogens is 1. The third kappa shape index (κ3) is 3.28. The summed E-state index contributed by atoms with van der Waals surface area (Å²) >= 11 is 0. The third-order valence-electron chi connectivity index (χ3n) is 5.82. The molecule has 1 aliphatic heterocycles. The molecule has 0 bridgehead atoms. The molecule has 0 radical (unpaired) electrons. The van der Waals surface area contributed by atoms with Crippen molar-refractivity contribution in [1.82, 2.24) is 4.98 Å². The minimum absolute atomic E-state index is 0.00972. The van der Waals surface area contributed by atoms with Gasteiger partial charge in [-0.25, -0.2) is 0 Å². The third-order valence-corrected chi connectivity index (χ3v) is 5.82. The normalized spacial score (nSPS) is 15.9. The topological polar surface area (TPSA) is 68.7 Å². The van der Waals surface area contributed by atoms with E-state index in [9.17, 15) is 9.90 Å². The van der Waals surface area contributed by atoms with Gasteiger partial charge in [0.1, 0.15) is 5.78 Å². The summed E-state index contributed by atoms with van der Waals surface area (Å²) in [5, 5.41) is 9.31. The van der Waals surface area contributed by atoms with Crippen molar-refractivity contribution >= 4 is 5.78 Å². The summed E-state index contributed by atoms with van der Waals surface area (Å²) in [6.45, 7) is 0.243. The van der Waals surface area contributed by atoms with Crippen molar-refractivity contribution in [2.24, 2.45) is 0 Å². The van der Waals surface area contributed by atoms with Crippen molar-refractivity contribution in [3.63, 3.8) is 0 Å². The van der Waals surface area contributed by atoms with Crippen molar-refractivity contribution in [1.29, 1.82) is 0 Å². The van der Waals surface area contributed by atoms with Crippen LogP contribution in [0.4, 0.5) is 0 Å². The molecule has 0 unspecified atom stereocenters. The number of benzene rings is 2. The van der Waals surface area contributed by atoms with Gasteiger partial charge in [0, 0.05) is 23.9 Å². The van der Waals surface area contributed by atoms with Gasteiger partial charge in [-0.15, -0.1) is 0 Å². The Hall–Kier alpha value is -3.18. The first-order chi connectivity index (χ1) is 14.2. The quantitative estimate of drug-likeness (QED) is 0.697. The van der Waals surface area contributed by atoms with Gasteiger partial charge in [-0.1, -0.05) is 30.3 Å². The Morgan fingerprint density at radius 2 is 1.86 bits per heavy atom. The number of ketones is 1. The molecular formula is C24H21NO4. The number of aliphatic hydroxyl groups excluding tert-OH is 1. The zero-order valence-corrected chi connectivity index (χ0v) is 15.9. The summed E-state index contributed by atoms with van der Waals surface area (Å²) in [7, 11) is 0. The number of hydrogen-bond acceptors (Lipinski definition) is 5. The van der Waals surface area contributed by atoms with Gasteiger partial charge >= 0.3 is 0 Å². The van der Waals surface area contributed by atoms with Crippen LogP contribution in [0.5, 0.6) is 11.5 Å². The lowest BCUT2D eigenvalue weighted by molar-refractivity contribution is -0.120. The Balaban J connectivity index is 1.33. The Kier molecular flexibility index (Phi) is 4.32. The molecule has 2 heterocycles. The van der Waals surface area contributed by atoms with Gasteiger partial charge in [0.25, 0.3) is 0 Å². The lowest BCUT2D eigenvalue weighted by Crippen LogP contribution is -2.22. The zero-order valence-electron chi connectivity index (χ0n) is 15.9. The molecule has 1 N–H and O–H groups in total. The average molecular weight is 387 g/mol. The van der Waals surface area contributed by atoms with Gasteiger partial charge in [0.05, 0.1) is 12.0 Å². The molecule has 1 saturated carbocycles. The Morgan fingerprint density at radius 1 is 1.00 bits per heavy atom. The first-order valence-corrected chi connectivity index (χ1v) is 9.76. The van der Waals surface area contributed by atoms with Crippen LogP contribution in [0, 0.1) is 0 Å². The number of hydrogen-bond donors (Lipinski definition) is 1. The highest BCUT2D eigenvalue weighted by molar-refractivity contribution is 5.94. The molecule has 5 rings (SSSR count). The number of pyridine rings is 1. The number of Topliss-reactive ketones (excluding diaryl/α,β-unsaturated/α-hetero) is 1. The largest absolute Gasteiger partial charge is 0.454 e. The fraction of sp³-hybridized carbons (Fsp3) is 0.250. The molecule has 3 aromatic rings. The van der Waals surface area contributed by atoms with Crippen LogP contribution < -0.4 is 9.47 Å².